The highest BCUT2D eigenvalue weighted by molar-refractivity contribution is 7.87. The van der Waals surface area contributed by atoms with E-state index in [0.29, 0.717) is 0 Å². The van der Waals surface area contributed by atoms with Gasteiger partial charge in [0.05, 0.1) is 0 Å². The van der Waals surface area contributed by atoms with Gasteiger partial charge in [-0.05, 0) is 0 Å². The Morgan fingerprint density at radius 2 is 1.92 bits per heavy atom. The van der Waals surface area contributed by atoms with Crippen molar-refractivity contribution in [3.63, 3.8) is 0 Å². The van der Waals surface area contributed by atoms with Crippen LogP contribution in [0.1, 0.15) is 0 Å². The molecule has 0 rings (SSSR count). The highest BCUT2D eigenvalue weighted by Crippen LogP contribution is 2.21. The van der Waals surface area contributed by atoms with Crippen LogP contribution >= 0.6 is 0 Å². The monoisotopic (exact) mass is 222 g/mol. The van der Waals surface area contributed by atoms with Gasteiger partial charge in [-0.3, -0.25) is 4.55 Å². The number of rotatable bonds is 4. The molecule has 0 aliphatic carbocycles. The Balaban J connectivity index is 4.57. The summed E-state index contributed by atoms with van der Waals surface area (Å²) >= 11 is 0. The first-order valence-corrected chi connectivity index (χ1v) is 4.25. The van der Waals surface area contributed by atoms with Crippen molar-refractivity contribution in [1.82, 2.24) is 0 Å². The third-order valence-electron chi connectivity index (χ3n) is 0.872. The molecule has 1 N–H and O–H groups in total. The Morgan fingerprint density at radius 1 is 1.46 bits per heavy atom. The minimum absolute atomic E-state index is 0.996. The molecule has 0 saturated heterocycles. The number of halogens is 3. The van der Waals surface area contributed by atoms with E-state index in [0.717, 1.165) is 0 Å². The molecule has 0 saturated carbocycles. The molecule has 0 atom stereocenters. The molecule has 5 nitrogen and oxygen atoms in total. The molecule has 0 fully saturated rings. The van der Waals surface area contributed by atoms with E-state index in [2.05, 4.69) is 4.74 Å². The van der Waals surface area contributed by atoms with Gasteiger partial charge in [0.25, 0.3) is 0 Å². The van der Waals surface area contributed by atoms with E-state index in [1.807, 2.05) is 0 Å². The van der Waals surface area contributed by atoms with Crippen LogP contribution in [0.2, 0.25) is 0 Å². The maximum Gasteiger partial charge on any atom is 0.465 e. The molecule has 0 amide bonds. The first kappa shape index (κ1) is 12.2. The van der Waals surface area contributed by atoms with Crippen molar-refractivity contribution in [1.29, 1.82) is 0 Å². The summed E-state index contributed by atoms with van der Waals surface area (Å²) in [5.74, 6) is -2.51. The highest BCUT2D eigenvalue weighted by atomic mass is 32.2. The zero-order valence-electron chi connectivity index (χ0n) is 6.04. The van der Waals surface area contributed by atoms with Crippen molar-refractivity contribution >= 4 is 16.1 Å². The molecule has 9 heteroatoms. The second-order valence-electron chi connectivity index (χ2n) is 1.82. The largest absolute Gasteiger partial charge is 0.465 e. The lowest BCUT2D eigenvalue weighted by atomic mass is 10.7. The first-order valence-electron chi connectivity index (χ1n) is 2.81. The minimum Gasteiger partial charge on any atom is -0.458 e. The van der Waals surface area contributed by atoms with Crippen LogP contribution in [0.15, 0.2) is 0 Å². The summed E-state index contributed by atoms with van der Waals surface area (Å²) in [6.45, 7) is -2.22. The van der Waals surface area contributed by atoms with Crippen molar-refractivity contribution in [3.8, 4) is 0 Å². The number of hydrogen-bond acceptors (Lipinski definition) is 4. The average molecular weight is 222 g/mol. The Morgan fingerprint density at radius 3 is 2.23 bits per heavy atom. The third-order valence-corrected chi connectivity index (χ3v) is 1.69. The van der Waals surface area contributed by atoms with E-state index in [1.165, 1.54) is 0 Å². The molecule has 0 spiro atoms. The van der Waals surface area contributed by atoms with Gasteiger partial charge in [0, 0.05) is 0 Å². The van der Waals surface area contributed by atoms with E-state index in [1.54, 1.807) is 0 Å². The van der Waals surface area contributed by atoms with E-state index < -0.39 is 34.6 Å². The van der Waals surface area contributed by atoms with Crippen LogP contribution in [0.25, 0.3) is 0 Å². The normalized spacial score (nSPS) is 12.6. The van der Waals surface area contributed by atoms with Crippen molar-refractivity contribution in [3.05, 3.63) is 0 Å². The Labute approximate surface area is 71.2 Å². The van der Waals surface area contributed by atoms with Crippen LogP contribution in [0.4, 0.5) is 13.2 Å². The lowest BCUT2D eigenvalue weighted by Crippen LogP contribution is -2.39. The summed E-state index contributed by atoms with van der Waals surface area (Å²) in [6, 6.07) is 0. The van der Waals surface area contributed by atoms with E-state index in [-0.39, 0.29) is 0 Å². The van der Waals surface area contributed by atoms with Crippen LogP contribution in [0.5, 0.6) is 0 Å². The molecule has 0 aliphatic heterocycles. The van der Waals surface area contributed by atoms with Gasteiger partial charge >= 0.3 is 21.3 Å². The fourth-order valence-electron chi connectivity index (χ4n) is 0.321. The highest BCUT2D eigenvalue weighted by Gasteiger charge is 2.54. The van der Waals surface area contributed by atoms with Crippen molar-refractivity contribution in [2.45, 2.75) is 5.25 Å². The van der Waals surface area contributed by atoms with E-state index >= 15 is 0 Å². The molecule has 0 bridgehead atoms. The maximum absolute atomic E-state index is 12.2. The topological polar surface area (TPSA) is 80.7 Å². The number of esters is 1. The predicted molar refractivity (Wildman–Crippen MR) is 33.4 cm³/mol. The molecule has 0 radical (unpaired) electrons. The summed E-state index contributed by atoms with van der Waals surface area (Å²) in [6.07, 6.45) is 0. The lowest BCUT2D eigenvalue weighted by molar-refractivity contribution is -0.161. The van der Waals surface area contributed by atoms with Gasteiger partial charge in [0.15, 0.2) is 0 Å². The molecule has 0 unspecified atom stereocenters. The van der Waals surface area contributed by atoms with Crippen molar-refractivity contribution in [2.24, 2.45) is 0 Å². The quantitative estimate of drug-likeness (QED) is 0.534. The summed E-state index contributed by atoms with van der Waals surface area (Å²) < 4.78 is 66.8. The molecule has 0 aromatic carbocycles. The maximum atomic E-state index is 12.2. The van der Waals surface area contributed by atoms with Gasteiger partial charge in [-0.15, -0.1) is 0 Å². The van der Waals surface area contributed by atoms with Gasteiger partial charge < -0.3 is 4.74 Å². The van der Waals surface area contributed by atoms with Crippen LogP contribution in [0, 0.1) is 0 Å². The predicted octanol–water partition coefficient (Wildman–Crippen LogP) is -0.0203. The van der Waals surface area contributed by atoms with E-state index in [4.69, 9.17) is 4.55 Å². The second-order valence-corrected chi connectivity index (χ2v) is 3.28. The molecule has 0 heterocycles. The molecule has 13 heavy (non-hydrogen) atoms. The summed E-state index contributed by atoms with van der Waals surface area (Å²) in [4.78, 5) is 10.2. The van der Waals surface area contributed by atoms with Crippen LogP contribution < -0.4 is 0 Å². The lowest BCUT2D eigenvalue weighted by Gasteiger charge is -2.10. The van der Waals surface area contributed by atoms with Crippen LogP contribution in [-0.2, 0) is 19.6 Å². The Hall–Kier alpha value is -0.830. The fraction of sp³-hybridized carbons (Fsp3) is 0.750. The van der Waals surface area contributed by atoms with Gasteiger partial charge in [-0.2, -0.15) is 17.2 Å². The zero-order valence-corrected chi connectivity index (χ0v) is 6.85. The zero-order chi connectivity index (χ0) is 10.7. The summed E-state index contributed by atoms with van der Waals surface area (Å²) in [5, 5.41) is -5.05. The summed E-state index contributed by atoms with van der Waals surface area (Å²) in [5.41, 5.74) is 0. The van der Waals surface area contributed by atoms with Crippen LogP contribution in [-0.4, -0.2) is 37.5 Å². The van der Waals surface area contributed by atoms with E-state index in [9.17, 15) is 26.4 Å². The van der Waals surface area contributed by atoms with Gasteiger partial charge in [0.2, 0.25) is 0 Å². The minimum atomic E-state index is -5.86. The standard InChI is InChI=1S/C4H5F3O5S/c5-1-2-12-3(8)4(6,7)13(9,10)11/h1-2H2,(H,9,10,11). The smallest absolute Gasteiger partial charge is 0.458 e. The molecule has 78 valence electrons. The number of alkyl halides is 3. The van der Waals surface area contributed by atoms with Crippen molar-refractivity contribution < 1.29 is 35.7 Å². The third kappa shape index (κ3) is 2.84. The average Bonchev–Trinajstić information content (AvgIpc) is 1.97. The second kappa shape index (κ2) is 3.92. The molecule has 0 aromatic heterocycles. The van der Waals surface area contributed by atoms with Crippen molar-refractivity contribution in [2.75, 3.05) is 13.3 Å². The fourth-order valence-corrected chi connectivity index (χ4v) is 0.590. The Kier molecular flexibility index (Phi) is 3.67. The van der Waals surface area contributed by atoms with Crippen LogP contribution in [0.3, 0.4) is 0 Å². The first-order chi connectivity index (χ1) is 5.73. The molecular weight excluding hydrogens is 217 g/mol. The van der Waals surface area contributed by atoms with Gasteiger partial charge in [0.1, 0.15) is 13.3 Å². The number of ether oxygens (including phenoxy) is 1. The number of hydrogen-bond donors (Lipinski definition) is 1. The Bertz CT molecular complexity index is 284. The van der Waals surface area contributed by atoms with Gasteiger partial charge in [-0.25, -0.2) is 9.18 Å². The number of carbonyl (C=O) groups is 1. The number of carbonyl (C=O) groups excluding carboxylic acids is 1. The summed E-state index contributed by atoms with van der Waals surface area (Å²) in [7, 11) is -5.86. The molecular formula is C4H5F3O5S. The molecule has 0 aromatic rings. The van der Waals surface area contributed by atoms with Gasteiger partial charge in [-0.1, -0.05) is 0 Å². The SMILES string of the molecule is O=C(OCCF)C(F)(F)S(=O)(=O)O. The molecule has 0 aliphatic rings.